The number of guanidine groups is 1. The van der Waals surface area contributed by atoms with Gasteiger partial charge in [-0.15, -0.1) is 0 Å². The number of aromatic amines is 1. The van der Waals surface area contributed by atoms with E-state index in [1.165, 1.54) is 37.6 Å². The smallest absolute Gasteiger partial charge is 0.191 e. The number of fused-ring (bicyclic) bond motifs is 2. The number of rotatable bonds is 7. The van der Waals surface area contributed by atoms with Crippen molar-refractivity contribution >= 4 is 5.96 Å². The van der Waals surface area contributed by atoms with E-state index < -0.39 is 0 Å². The summed E-state index contributed by atoms with van der Waals surface area (Å²) in [7, 11) is 0. The molecular weight excluding hydrogens is 410 g/mol. The second kappa shape index (κ2) is 10.2. The zero-order valence-electron chi connectivity index (χ0n) is 19.2. The zero-order chi connectivity index (χ0) is 22.5. The molecule has 0 aliphatic carbocycles. The van der Waals surface area contributed by atoms with Gasteiger partial charge in [0, 0.05) is 36.8 Å². The monoisotopic (exact) mass is 443 g/mol. The molecule has 0 radical (unpaired) electrons. The number of H-pyrrole nitrogens is 1. The van der Waals surface area contributed by atoms with Crippen molar-refractivity contribution in [3.8, 4) is 11.4 Å². The maximum Gasteiger partial charge on any atom is 0.191 e. The normalized spacial score (nSPS) is 22.9. The molecule has 2 aliphatic rings. The molecule has 3 heterocycles. The van der Waals surface area contributed by atoms with E-state index in [1.54, 1.807) is 0 Å². The molecule has 0 amide bonds. The molecule has 2 fully saturated rings. The fourth-order valence-corrected chi connectivity index (χ4v) is 5.29. The summed E-state index contributed by atoms with van der Waals surface area (Å²) in [6.45, 7) is 4.66. The number of piperidine rings is 1. The molecule has 2 unspecified atom stereocenters. The van der Waals surface area contributed by atoms with E-state index in [1.807, 2.05) is 12.1 Å². The molecule has 172 valence electrons. The van der Waals surface area contributed by atoms with Gasteiger partial charge in [0.05, 0.1) is 6.54 Å². The Hall–Kier alpha value is -3.19. The third-order valence-electron chi connectivity index (χ3n) is 6.81. The molecule has 2 bridgehead atoms. The first kappa shape index (κ1) is 21.6. The van der Waals surface area contributed by atoms with Crippen LogP contribution < -0.4 is 10.6 Å². The van der Waals surface area contributed by atoms with Gasteiger partial charge in [0.15, 0.2) is 11.8 Å². The van der Waals surface area contributed by atoms with Crippen LogP contribution in [0.4, 0.5) is 0 Å². The number of hydrogen-bond acceptors (Lipinski definition) is 4. The Morgan fingerprint density at radius 2 is 1.85 bits per heavy atom. The van der Waals surface area contributed by atoms with Gasteiger partial charge < -0.3 is 10.6 Å². The molecule has 2 aliphatic heterocycles. The van der Waals surface area contributed by atoms with Gasteiger partial charge in [-0.3, -0.25) is 10.00 Å². The van der Waals surface area contributed by atoms with Gasteiger partial charge in [0.2, 0.25) is 0 Å². The second-order valence-electron chi connectivity index (χ2n) is 9.09. The van der Waals surface area contributed by atoms with Gasteiger partial charge in [0.1, 0.15) is 6.33 Å². The summed E-state index contributed by atoms with van der Waals surface area (Å²) >= 11 is 0. The SMILES string of the molecule is CCNC(=NCc1cccc(-c2ncn[nH]2)c1)NC1CC2CCC(C1)N2Cc1ccccc1. The van der Waals surface area contributed by atoms with Crippen LogP contribution in [0.25, 0.3) is 11.4 Å². The minimum Gasteiger partial charge on any atom is -0.357 e. The highest BCUT2D eigenvalue weighted by molar-refractivity contribution is 5.80. The maximum atomic E-state index is 4.89. The van der Waals surface area contributed by atoms with E-state index in [9.17, 15) is 0 Å². The summed E-state index contributed by atoms with van der Waals surface area (Å²) in [6, 6.07) is 21.0. The number of nitrogens with one attached hydrogen (secondary N) is 3. The number of aromatic nitrogens is 3. The number of aliphatic imine (C=N–C) groups is 1. The van der Waals surface area contributed by atoms with Crippen molar-refractivity contribution in [2.75, 3.05) is 6.54 Å². The van der Waals surface area contributed by atoms with Gasteiger partial charge in [-0.25, -0.2) is 9.98 Å². The first-order valence-electron chi connectivity index (χ1n) is 12.1. The molecule has 7 nitrogen and oxygen atoms in total. The average molecular weight is 444 g/mol. The molecular formula is C26H33N7. The van der Waals surface area contributed by atoms with Crippen LogP contribution in [0.15, 0.2) is 65.9 Å². The lowest BCUT2D eigenvalue weighted by Crippen LogP contribution is -2.52. The first-order valence-corrected chi connectivity index (χ1v) is 12.1. The molecule has 3 aromatic rings. The fraction of sp³-hybridized carbons (Fsp3) is 0.423. The summed E-state index contributed by atoms with van der Waals surface area (Å²) in [6.07, 6.45) is 6.49. The summed E-state index contributed by atoms with van der Waals surface area (Å²) in [4.78, 5) is 11.9. The summed E-state index contributed by atoms with van der Waals surface area (Å²) < 4.78 is 0. The van der Waals surface area contributed by atoms with Gasteiger partial charge >= 0.3 is 0 Å². The van der Waals surface area contributed by atoms with Gasteiger partial charge in [-0.1, -0.05) is 48.5 Å². The third-order valence-corrected chi connectivity index (χ3v) is 6.81. The Kier molecular flexibility index (Phi) is 6.67. The van der Waals surface area contributed by atoms with Crippen LogP contribution in [0.3, 0.4) is 0 Å². The molecule has 2 saturated heterocycles. The highest BCUT2D eigenvalue weighted by Gasteiger charge is 2.40. The molecule has 5 rings (SSSR count). The van der Waals surface area contributed by atoms with Crippen LogP contribution in [-0.2, 0) is 13.1 Å². The van der Waals surface area contributed by atoms with Crippen molar-refractivity contribution in [1.82, 2.24) is 30.7 Å². The Morgan fingerprint density at radius 3 is 2.58 bits per heavy atom. The van der Waals surface area contributed by atoms with Crippen LogP contribution in [0.5, 0.6) is 0 Å². The van der Waals surface area contributed by atoms with Crippen molar-refractivity contribution in [2.45, 2.75) is 63.8 Å². The number of benzene rings is 2. The predicted octanol–water partition coefficient (Wildman–Crippen LogP) is 3.72. The molecule has 3 N–H and O–H groups in total. The highest BCUT2D eigenvalue weighted by atomic mass is 15.3. The van der Waals surface area contributed by atoms with Crippen molar-refractivity contribution in [2.24, 2.45) is 4.99 Å². The minimum absolute atomic E-state index is 0.466. The lowest BCUT2D eigenvalue weighted by molar-refractivity contribution is 0.114. The zero-order valence-corrected chi connectivity index (χ0v) is 19.2. The predicted molar refractivity (Wildman–Crippen MR) is 132 cm³/mol. The highest BCUT2D eigenvalue weighted by Crippen LogP contribution is 2.36. The van der Waals surface area contributed by atoms with Crippen LogP contribution in [0.2, 0.25) is 0 Å². The largest absolute Gasteiger partial charge is 0.357 e. The van der Waals surface area contributed by atoms with Crippen molar-refractivity contribution in [3.63, 3.8) is 0 Å². The maximum absolute atomic E-state index is 4.89. The lowest BCUT2D eigenvalue weighted by Gasteiger charge is -2.39. The minimum atomic E-state index is 0.466. The van der Waals surface area contributed by atoms with Gasteiger partial charge in [-0.05, 0) is 49.8 Å². The topological polar surface area (TPSA) is 81.2 Å². The van der Waals surface area contributed by atoms with Crippen LogP contribution in [0, 0.1) is 0 Å². The molecule has 0 saturated carbocycles. The van der Waals surface area contributed by atoms with Crippen LogP contribution >= 0.6 is 0 Å². The Morgan fingerprint density at radius 1 is 1.06 bits per heavy atom. The van der Waals surface area contributed by atoms with Crippen molar-refractivity contribution in [1.29, 1.82) is 0 Å². The fourth-order valence-electron chi connectivity index (χ4n) is 5.29. The van der Waals surface area contributed by atoms with E-state index in [4.69, 9.17) is 4.99 Å². The van der Waals surface area contributed by atoms with E-state index in [2.05, 4.69) is 80.1 Å². The first-order chi connectivity index (χ1) is 16.3. The molecule has 1 aromatic heterocycles. The molecule has 33 heavy (non-hydrogen) atoms. The number of hydrogen-bond donors (Lipinski definition) is 3. The standard InChI is InChI=1S/C26H33N7/c1-2-27-26(28-16-20-9-6-10-21(13-20)25-29-18-30-32-25)31-22-14-23-11-12-24(15-22)33(23)17-19-7-4-3-5-8-19/h3-10,13,18,22-24H,2,11-12,14-17H2,1H3,(H2,27,28,31)(H,29,30,32). The Balaban J connectivity index is 1.21. The van der Waals surface area contributed by atoms with Crippen LogP contribution in [-0.4, -0.2) is 50.7 Å². The van der Waals surface area contributed by atoms with Gasteiger partial charge in [-0.2, -0.15) is 5.10 Å². The molecule has 2 aromatic carbocycles. The van der Waals surface area contributed by atoms with E-state index >= 15 is 0 Å². The summed E-state index contributed by atoms with van der Waals surface area (Å²) in [5.41, 5.74) is 3.60. The third kappa shape index (κ3) is 5.25. The lowest BCUT2D eigenvalue weighted by atomic mass is 9.96. The Labute approximate surface area is 195 Å². The van der Waals surface area contributed by atoms with E-state index in [-0.39, 0.29) is 0 Å². The van der Waals surface area contributed by atoms with E-state index in [0.29, 0.717) is 24.7 Å². The molecule has 0 spiro atoms. The quantitative estimate of drug-likeness (QED) is 0.383. The van der Waals surface area contributed by atoms with E-state index in [0.717, 1.165) is 36.0 Å². The summed E-state index contributed by atoms with van der Waals surface area (Å²) in [5.74, 6) is 1.69. The number of nitrogens with zero attached hydrogens (tertiary/aromatic N) is 4. The average Bonchev–Trinajstić information content (AvgIpc) is 3.45. The van der Waals surface area contributed by atoms with Crippen molar-refractivity contribution < 1.29 is 0 Å². The molecule has 2 atom stereocenters. The molecule has 7 heteroatoms. The van der Waals surface area contributed by atoms with Crippen LogP contribution in [0.1, 0.15) is 43.7 Å². The Bertz CT molecular complexity index is 1030. The summed E-state index contributed by atoms with van der Waals surface area (Å²) in [5, 5.41) is 14.1. The van der Waals surface area contributed by atoms with Crippen molar-refractivity contribution in [3.05, 3.63) is 72.1 Å². The second-order valence-corrected chi connectivity index (χ2v) is 9.09. The van der Waals surface area contributed by atoms with Gasteiger partial charge in [0.25, 0.3) is 0 Å².